The lowest BCUT2D eigenvalue weighted by molar-refractivity contribution is 0.0300. The first kappa shape index (κ1) is 13.7. The van der Waals surface area contributed by atoms with Gasteiger partial charge < -0.3 is 15.8 Å². The molecule has 1 heterocycles. The second kappa shape index (κ2) is 5.49. The number of nitrogen functional groups attached to an aromatic ring is 1. The molecule has 0 aromatic heterocycles. The van der Waals surface area contributed by atoms with Crippen molar-refractivity contribution < 1.29 is 4.74 Å². The van der Waals surface area contributed by atoms with Crippen molar-refractivity contribution >= 4 is 27.3 Å². The second-order valence-corrected chi connectivity index (χ2v) is 6.32. The van der Waals surface area contributed by atoms with Crippen molar-refractivity contribution in [2.75, 3.05) is 30.8 Å². The number of rotatable bonds is 3. The number of hydrogen-bond acceptors (Lipinski definition) is 3. The molecule has 0 amide bonds. The summed E-state index contributed by atoms with van der Waals surface area (Å²) in [5, 5.41) is 3.53. The number of anilines is 2. The fourth-order valence-corrected chi connectivity index (χ4v) is 2.68. The average Bonchev–Trinajstić information content (AvgIpc) is 2.33. The summed E-state index contributed by atoms with van der Waals surface area (Å²) < 4.78 is 6.45. The average molecular weight is 313 g/mol. The molecule has 1 aliphatic heterocycles. The van der Waals surface area contributed by atoms with E-state index in [0.717, 1.165) is 54.0 Å². The van der Waals surface area contributed by atoms with Gasteiger partial charge in [0, 0.05) is 35.6 Å². The molecular formula is C14H21BrN2O. The van der Waals surface area contributed by atoms with Gasteiger partial charge in [-0.3, -0.25) is 0 Å². The van der Waals surface area contributed by atoms with E-state index in [1.54, 1.807) is 0 Å². The van der Waals surface area contributed by atoms with Crippen molar-refractivity contribution in [2.45, 2.75) is 26.7 Å². The minimum absolute atomic E-state index is 0.326. The maximum atomic E-state index is 5.88. The van der Waals surface area contributed by atoms with E-state index in [4.69, 9.17) is 10.5 Å². The van der Waals surface area contributed by atoms with E-state index in [1.807, 2.05) is 13.0 Å². The molecule has 0 bridgehead atoms. The molecule has 1 saturated heterocycles. The molecule has 3 nitrogen and oxygen atoms in total. The maximum Gasteiger partial charge on any atom is 0.0489 e. The molecule has 0 atom stereocenters. The Morgan fingerprint density at radius 3 is 2.72 bits per heavy atom. The molecule has 4 heteroatoms. The number of aryl methyl sites for hydroxylation is 1. The van der Waals surface area contributed by atoms with E-state index in [1.165, 1.54) is 0 Å². The van der Waals surface area contributed by atoms with Crippen LogP contribution in [0.25, 0.3) is 0 Å². The Hall–Kier alpha value is -0.740. The van der Waals surface area contributed by atoms with Gasteiger partial charge in [-0.15, -0.1) is 0 Å². The van der Waals surface area contributed by atoms with Crippen molar-refractivity contribution in [1.29, 1.82) is 0 Å². The third-order valence-corrected chi connectivity index (χ3v) is 4.42. The maximum absolute atomic E-state index is 5.88. The fraction of sp³-hybridized carbons (Fsp3) is 0.571. The number of halogens is 1. The van der Waals surface area contributed by atoms with Crippen LogP contribution in [-0.2, 0) is 4.74 Å². The van der Waals surface area contributed by atoms with Crippen LogP contribution in [0, 0.1) is 12.3 Å². The van der Waals surface area contributed by atoms with Crippen LogP contribution in [0.15, 0.2) is 16.6 Å². The highest BCUT2D eigenvalue weighted by atomic mass is 79.9. The van der Waals surface area contributed by atoms with Gasteiger partial charge >= 0.3 is 0 Å². The lowest BCUT2D eigenvalue weighted by atomic mass is 9.82. The molecule has 18 heavy (non-hydrogen) atoms. The Morgan fingerprint density at radius 2 is 2.06 bits per heavy atom. The van der Waals surface area contributed by atoms with E-state index in [9.17, 15) is 0 Å². The highest BCUT2D eigenvalue weighted by Crippen LogP contribution is 2.32. The molecule has 1 fully saturated rings. The van der Waals surface area contributed by atoms with Gasteiger partial charge in [0.15, 0.2) is 0 Å². The van der Waals surface area contributed by atoms with E-state index < -0.39 is 0 Å². The van der Waals surface area contributed by atoms with Gasteiger partial charge in [0.1, 0.15) is 0 Å². The Kier molecular flexibility index (Phi) is 4.17. The third-order valence-electron chi connectivity index (χ3n) is 3.76. The number of hydrogen-bond donors (Lipinski definition) is 2. The van der Waals surface area contributed by atoms with Gasteiger partial charge in [0.05, 0.1) is 0 Å². The Labute approximate surface area is 117 Å². The predicted octanol–water partition coefficient (Wildman–Crippen LogP) is 3.57. The van der Waals surface area contributed by atoms with Gasteiger partial charge in [-0.05, 0) is 58.8 Å². The van der Waals surface area contributed by atoms with Crippen LogP contribution in [0.2, 0.25) is 0 Å². The summed E-state index contributed by atoms with van der Waals surface area (Å²) in [6.07, 6.45) is 2.23. The van der Waals surface area contributed by atoms with Crippen molar-refractivity contribution in [3.63, 3.8) is 0 Å². The lowest BCUT2D eigenvalue weighted by Crippen LogP contribution is -2.33. The summed E-state index contributed by atoms with van der Waals surface area (Å²) in [6, 6.07) is 4.06. The quantitative estimate of drug-likeness (QED) is 0.839. The summed E-state index contributed by atoms with van der Waals surface area (Å²) in [7, 11) is 0. The standard InChI is InChI=1S/C14H21BrN2O/c1-10-7-13(11(15)8-12(10)16)17-9-14(2)3-5-18-6-4-14/h7-8,17H,3-6,9,16H2,1-2H3. The molecule has 3 N–H and O–H groups in total. The summed E-state index contributed by atoms with van der Waals surface area (Å²) in [5.41, 5.74) is 9.26. The predicted molar refractivity (Wildman–Crippen MR) is 79.9 cm³/mol. The summed E-state index contributed by atoms with van der Waals surface area (Å²) >= 11 is 3.56. The largest absolute Gasteiger partial charge is 0.398 e. The van der Waals surface area contributed by atoms with Gasteiger partial charge in [-0.25, -0.2) is 0 Å². The van der Waals surface area contributed by atoms with E-state index >= 15 is 0 Å². The van der Waals surface area contributed by atoms with Crippen LogP contribution in [0.5, 0.6) is 0 Å². The number of ether oxygens (including phenoxy) is 1. The van der Waals surface area contributed by atoms with E-state index in [0.29, 0.717) is 5.41 Å². The molecule has 2 rings (SSSR count). The van der Waals surface area contributed by atoms with Gasteiger partial charge in [-0.1, -0.05) is 6.92 Å². The van der Waals surface area contributed by atoms with E-state index in [2.05, 4.69) is 34.2 Å². The molecule has 0 saturated carbocycles. The van der Waals surface area contributed by atoms with Crippen LogP contribution >= 0.6 is 15.9 Å². The van der Waals surface area contributed by atoms with Crippen molar-refractivity contribution in [3.05, 3.63) is 22.2 Å². The molecule has 0 spiro atoms. The fourth-order valence-electron chi connectivity index (χ4n) is 2.18. The normalized spacial score (nSPS) is 18.6. The van der Waals surface area contributed by atoms with Gasteiger partial charge in [0.25, 0.3) is 0 Å². The van der Waals surface area contributed by atoms with Crippen LogP contribution in [0.1, 0.15) is 25.3 Å². The first-order valence-electron chi connectivity index (χ1n) is 6.37. The Balaban J connectivity index is 2.03. The molecule has 0 radical (unpaired) electrons. The minimum atomic E-state index is 0.326. The molecule has 0 aliphatic carbocycles. The third kappa shape index (κ3) is 3.18. The van der Waals surface area contributed by atoms with Crippen LogP contribution in [-0.4, -0.2) is 19.8 Å². The van der Waals surface area contributed by atoms with Crippen molar-refractivity contribution in [3.8, 4) is 0 Å². The number of nitrogens with one attached hydrogen (secondary N) is 1. The van der Waals surface area contributed by atoms with Crippen LogP contribution < -0.4 is 11.1 Å². The second-order valence-electron chi connectivity index (χ2n) is 5.47. The molecule has 1 aliphatic rings. The molecule has 1 aromatic rings. The molecule has 1 aromatic carbocycles. The Morgan fingerprint density at radius 1 is 1.39 bits per heavy atom. The van der Waals surface area contributed by atoms with Gasteiger partial charge in [-0.2, -0.15) is 0 Å². The summed E-state index contributed by atoms with van der Waals surface area (Å²) in [6.45, 7) is 7.07. The highest BCUT2D eigenvalue weighted by molar-refractivity contribution is 9.10. The zero-order valence-electron chi connectivity index (χ0n) is 11.1. The zero-order chi connectivity index (χ0) is 13.2. The molecule has 0 unspecified atom stereocenters. The van der Waals surface area contributed by atoms with Gasteiger partial charge in [0.2, 0.25) is 0 Å². The smallest absolute Gasteiger partial charge is 0.0489 e. The Bertz CT molecular complexity index is 428. The molecular weight excluding hydrogens is 292 g/mol. The summed E-state index contributed by atoms with van der Waals surface area (Å²) in [5.74, 6) is 0. The minimum Gasteiger partial charge on any atom is -0.398 e. The SMILES string of the molecule is Cc1cc(NCC2(C)CCOCC2)c(Br)cc1N. The van der Waals surface area contributed by atoms with Crippen LogP contribution in [0.4, 0.5) is 11.4 Å². The van der Waals surface area contributed by atoms with Crippen molar-refractivity contribution in [1.82, 2.24) is 0 Å². The topological polar surface area (TPSA) is 47.3 Å². The summed E-state index contributed by atoms with van der Waals surface area (Å²) in [4.78, 5) is 0. The molecule has 100 valence electrons. The first-order chi connectivity index (χ1) is 8.50. The van der Waals surface area contributed by atoms with Crippen LogP contribution in [0.3, 0.4) is 0 Å². The monoisotopic (exact) mass is 312 g/mol. The number of benzene rings is 1. The van der Waals surface area contributed by atoms with Crippen molar-refractivity contribution in [2.24, 2.45) is 5.41 Å². The van der Waals surface area contributed by atoms with E-state index in [-0.39, 0.29) is 0 Å². The number of nitrogens with two attached hydrogens (primary N) is 1. The first-order valence-corrected chi connectivity index (χ1v) is 7.17. The zero-order valence-corrected chi connectivity index (χ0v) is 12.6. The lowest BCUT2D eigenvalue weighted by Gasteiger charge is -2.34. The highest BCUT2D eigenvalue weighted by Gasteiger charge is 2.27.